The van der Waals surface area contributed by atoms with Crippen LogP contribution in [0, 0.1) is 5.82 Å². The average molecular weight is 476 g/mol. The Hall–Kier alpha value is -2.40. The van der Waals surface area contributed by atoms with Crippen LogP contribution in [0.15, 0.2) is 53.7 Å². The normalized spacial score (nSPS) is 25.5. The number of sulfonamides is 1. The quantitative estimate of drug-likeness (QED) is 0.671. The molecule has 1 amide bonds. The van der Waals surface area contributed by atoms with Crippen LogP contribution in [0.5, 0.6) is 0 Å². The van der Waals surface area contributed by atoms with Gasteiger partial charge in [-0.1, -0.05) is 12.1 Å². The van der Waals surface area contributed by atoms with E-state index in [4.69, 9.17) is 9.47 Å². The van der Waals surface area contributed by atoms with Gasteiger partial charge in [0.2, 0.25) is 15.9 Å². The van der Waals surface area contributed by atoms with E-state index in [1.807, 2.05) is 0 Å². The molecule has 2 saturated heterocycles. The van der Waals surface area contributed by atoms with E-state index in [2.05, 4.69) is 4.98 Å². The highest BCUT2D eigenvalue weighted by Gasteiger charge is 2.55. The number of halogens is 1. The highest BCUT2D eigenvalue weighted by molar-refractivity contribution is 7.89. The molecule has 8 nitrogen and oxygen atoms in total. The topological polar surface area (TPSA) is 89.0 Å². The van der Waals surface area contributed by atoms with E-state index in [-0.39, 0.29) is 42.9 Å². The molecule has 1 aliphatic carbocycles. The molecule has 3 aliphatic rings. The second kappa shape index (κ2) is 8.43. The Morgan fingerprint density at radius 1 is 1.03 bits per heavy atom. The molecule has 2 aromatic rings. The fourth-order valence-corrected chi connectivity index (χ4v) is 6.11. The summed E-state index contributed by atoms with van der Waals surface area (Å²) in [5.74, 6) is -1.62. The van der Waals surface area contributed by atoms with E-state index in [0.717, 1.165) is 5.56 Å². The van der Waals surface area contributed by atoms with Gasteiger partial charge in [-0.15, -0.1) is 0 Å². The number of carbonyl (C=O) groups excluding carboxylic acids is 1. The summed E-state index contributed by atoms with van der Waals surface area (Å²) < 4.78 is 53.1. The van der Waals surface area contributed by atoms with E-state index in [1.165, 1.54) is 34.9 Å². The van der Waals surface area contributed by atoms with Crippen LogP contribution < -0.4 is 0 Å². The van der Waals surface area contributed by atoms with E-state index < -0.39 is 21.2 Å². The molecule has 1 unspecified atom stereocenters. The first-order valence-corrected chi connectivity index (χ1v) is 12.5. The molecule has 1 atom stereocenters. The zero-order valence-electron chi connectivity index (χ0n) is 18.2. The Balaban J connectivity index is 1.38. The third kappa shape index (κ3) is 4.16. The summed E-state index contributed by atoms with van der Waals surface area (Å²) in [5, 5.41) is 0. The minimum Gasteiger partial charge on any atom is -0.347 e. The van der Waals surface area contributed by atoms with Gasteiger partial charge in [0.15, 0.2) is 5.79 Å². The van der Waals surface area contributed by atoms with Crippen molar-refractivity contribution >= 4 is 15.9 Å². The number of hydrogen-bond acceptors (Lipinski definition) is 6. The molecule has 1 saturated carbocycles. The third-order valence-corrected chi connectivity index (χ3v) is 8.44. The van der Waals surface area contributed by atoms with Crippen molar-refractivity contribution < 1.29 is 27.1 Å². The van der Waals surface area contributed by atoms with Gasteiger partial charge in [0.25, 0.3) is 0 Å². The first kappa shape index (κ1) is 22.4. The molecular formula is C23H26FN3O5S. The van der Waals surface area contributed by atoms with E-state index in [1.54, 1.807) is 23.1 Å². The number of hydrogen-bond donors (Lipinski definition) is 0. The van der Waals surface area contributed by atoms with Crippen LogP contribution in [-0.2, 0) is 29.7 Å². The summed E-state index contributed by atoms with van der Waals surface area (Å²) in [7, 11) is -3.78. The molecule has 0 N–H and O–H groups in total. The summed E-state index contributed by atoms with van der Waals surface area (Å²) in [6.07, 6.45) is 4.85. The molecule has 0 radical (unpaired) electrons. The van der Waals surface area contributed by atoms with Crippen LogP contribution in [-0.4, -0.2) is 73.7 Å². The Morgan fingerprint density at radius 2 is 1.79 bits per heavy atom. The van der Waals surface area contributed by atoms with Gasteiger partial charge in [0.1, 0.15) is 10.7 Å². The lowest BCUT2D eigenvalue weighted by Gasteiger charge is -2.42. The monoisotopic (exact) mass is 475 g/mol. The van der Waals surface area contributed by atoms with Crippen molar-refractivity contribution in [2.45, 2.75) is 35.4 Å². The average Bonchev–Trinajstić information content (AvgIpc) is 3.65. The van der Waals surface area contributed by atoms with Crippen LogP contribution in [0.3, 0.4) is 0 Å². The Morgan fingerprint density at radius 3 is 2.48 bits per heavy atom. The number of amides is 1. The molecule has 5 rings (SSSR count). The third-order valence-electron chi connectivity index (χ3n) is 6.61. The molecule has 176 valence electrons. The number of aromatic nitrogens is 1. The standard InChI is InChI=1S/C23H26FN3O5S/c24-19-6-4-18(5-7-19)22(8-9-22)21(28)26-11-2-13-31-23(16-26)17-27(12-14-32-23)33(29,30)20-3-1-10-25-15-20/h1,3-7,10,15H,2,8-9,11-14,16-17H2. The predicted molar refractivity (Wildman–Crippen MR) is 116 cm³/mol. The SMILES string of the molecule is O=C(N1CCCOC2(C1)CN(S(=O)(=O)c1cccnc1)CCO2)C1(c2ccc(F)cc2)CC1. The van der Waals surface area contributed by atoms with Crippen molar-refractivity contribution in [2.75, 3.05) is 39.4 Å². The van der Waals surface area contributed by atoms with Gasteiger partial charge in [-0.05, 0) is 49.1 Å². The maximum Gasteiger partial charge on any atom is 0.244 e. The Kier molecular flexibility index (Phi) is 5.72. The smallest absolute Gasteiger partial charge is 0.244 e. The Labute approximate surface area is 192 Å². The molecule has 1 spiro atoms. The van der Waals surface area contributed by atoms with Crippen LogP contribution >= 0.6 is 0 Å². The molecular weight excluding hydrogens is 449 g/mol. The van der Waals surface area contributed by atoms with Gasteiger partial charge in [-0.2, -0.15) is 4.31 Å². The molecule has 33 heavy (non-hydrogen) atoms. The van der Waals surface area contributed by atoms with Gasteiger partial charge in [-0.3, -0.25) is 9.78 Å². The predicted octanol–water partition coefficient (Wildman–Crippen LogP) is 1.92. The van der Waals surface area contributed by atoms with Gasteiger partial charge < -0.3 is 14.4 Å². The van der Waals surface area contributed by atoms with E-state index >= 15 is 0 Å². The lowest BCUT2D eigenvalue weighted by molar-refractivity contribution is -0.257. The summed E-state index contributed by atoms with van der Waals surface area (Å²) in [5.41, 5.74) is 0.147. The summed E-state index contributed by atoms with van der Waals surface area (Å²) in [6, 6.07) is 9.18. The van der Waals surface area contributed by atoms with Gasteiger partial charge in [0, 0.05) is 25.5 Å². The number of benzene rings is 1. The molecule has 0 bridgehead atoms. The molecule has 1 aromatic heterocycles. The zero-order chi connectivity index (χ0) is 23.1. The number of rotatable bonds is 4. The van der Waals surface area contributed by atoms with Gasteiger partial charge >= 0.3 is 0 Å². The maximum absolute atomic E-state index is 13.6. The van der Waals surface area contributed by atoms with Crippen molar-refractivity contribution in [3.63, 3.8) is 0 Å². The van der Waals surface area contributed by atoms with Crippen molar-refractivity contribution in [3.8, 4) is 0 Å². The van der Waals surface area contributed by atoms with Crippen molar-refractivity contribution in [1.82, 2.24) is 14.2 Å². The van der Waals surface area contributed by atoms with Gasteiger partial charge in [0.05, 0.1) is 31.7 Å². The molecule has 10 heteroatoms. The minimum absolute atomic E-state index is 0.0163. The van der Waals surface area contributed by atoms with E-state index in [0.29, 0.717) is 32.4 Å². The van der Waals surface area contributed by atoms with Crippen LogP contribution in [0.4, 0.5) is 4.39 Å². The van der Waals surface area contributed by atoms with Crippen molar-refractivity contribution in [3.05, 3.63) is 60.2 Å². The summed E-state index contributed by atoms with van der Waals surface area (Å²) in [4.78, 5) is 19.4. The number of morpholine rings is 1. The number of ether oxygens (including phenoxy) is 2. The minimum atomic E-state index is -3.78. The van der Waals surface area contributed by atoms with Gasteiger partial charge in [-0.25, -0.2) is 12.8 Å². The van der Waals surface area contributed by atoms with Crippen molar-refractivity contribution in [1.29, 1.82) is 0 Å². The second-order valence-electron chi connectivity index (χ2n) is 8.80. The molecule has 3 heterocycles. The summed E-state index contributed by atoms with van der Waals surface area (Å²) >= 11 is 0. The first-order chi connectivity index (χ1) is 15.8. The lowest BCUT2D eigenvalue weighted by atomic mass is 9.94. The maximum atomic E-state index is 13.6. The summed E-state index contributed by atoms with van der Waals surface area (Å²) in [6.45, 7) is 1.31. The number of pyridine rings is 1. The lowest BCUT2D eigenvalue weighted by Crippen LogP contribution is -2.60. The second-order valence-corrected chi connectivity index (χ2v) is 10.7. The van der Waals surface area contributed by atoms with E-state index in [9.17, 15) is 17.6 Å². The zero-order valence-corrected chi connectivity index (χ0v) is 19.0. The van der Waals surface area contributed by atoms with Crippen LogP contribution in [0.2, 0.25) is 0 Å². The Bertz CT molecular complexity index is 1120. The fourth-order valence-electron chi connectivity index (χ4n) is 4.69. The molecule has 2 aliphatic heterocycles. The fraction of sp³-hybridized carbons (Fsp3) is 0.478. The largest absolute Gasteiger partial charge is 0.347 e. The van der Waals surface area contributed by atoms with Crippen LogP contribution in [0.1, 0.15) is 24.8 Å². The first-order valence-electron chi connectivity index (χ1n) is 11.1. The highest BCUT2D eigenvalue weighted by Crippen LogP contribution is 2.50. The van der Waals surface area contributed by atoms with Crippen LogP contribution in [0.25, 0.3) is 0 Å². The number of nitrogens with zero attached hydrogens (tertiary/aromatic N) is 3. The molecule has 1 aromatic carbocycles. The highest BCUT2D eigenvalue weighted by atomic mass is 32.2. The van der Waals surface area contributed by atoms with Crippen molar-refractivity contribution in [2.24, 2.45) is 0 Å². The molecule has 3 fully saturated rings. The number of carbonyl (C=O) groups is 1.